The minimum absolute atomic E-state index is 0.197. The van der Waals surface area contributed by atoms with Crippen molar-refractivity contribution in [3.8, 4) is 11.3 Å². The second-order valence-corrected chi connectivity index (χ2v) is 6.06. The van der Waals surface area contributed by atoms with Crippen LogP contribution in [-0.4, -0.2) is 5.91 Å². The molecule has 1 heterocycles. The molecule has 0 atom stereocenters. The van der Waals surface area contributed by atoms with Crippen LogP contribution in [0.3, 0.4) is 0 Å². The maximum atomic E-state index is 12.2. The van der Waals surface area contributed by atoms with E-state index >= 15 is 0 Å². The maximum Gasteiger partial charge on any atom is 0.291 e. The molecule has 2 aromatic carbocycles. The molecule has 0 unspecified atom stereocenters. The van der Waals surface area contributed by atoms with Gasteiger partial charge in [0, 0.05) is 10.5 Å². The summed E-state index contributed by atoms with van der Waals surface area (Å²) >= 11 is 16.2. The Labute approximate surface area is 148 Å². The second kappa shape index (κ2) is 6.71. The van der Waals surface area contributed by atoms with E-state index in [0.717, 1.165) is 5.56 Å². The van der Waals surface area contributed by atoms with Gasteiger partial charge in [0.15, 0.2) is 5.76 Å². The van der Waals surface area contributed by atoms with E-state index in [-0.39, 0.29) is 11.7 Å². The molecule has 1 amide bonds. The van der Waals surface area contributed by atoms with Gasteiger partial charge in [0.25, 0.3) is 5.91 Å². The zero-order valence-electron chi connectivity index (χ0n) is 11.7. The van der Waals surface area contributed by atoms with Crippen LogP contribution in [0.4, 0.5) is 5.69 Å². The monoisotopic (exact) mass is 363 g/mol. The van der Waals surface area contributed by atoms with Gasteiger partial charge >= 0.3 is 0 Å². The van der Waals surface area contributed by atoms with Crippen molar-refractivity contribution in [3.63, 3.8) is 0 Å². The number of halogens is 2. The van der Waals surface area contributed by atoms with Crippen LogP contribution in [0.1, 0.15) is 10.6 Å². The first kappa shape index (κ1) is 16.0. The van der Waals surface area contributed by atoms with Gasteiger partial charge in [0.05, 0.1) is 15.7 Å². The fourth-order valence-corrected chi connectivity index (χ4v) is 2.54. The molecule has 0 radical (unpaired) electrons. The van der Waals surface area contributed by atoms with Crippen molar-refractivity contribution in [2.24, 2.45) is 0 Å². The van der Waals surface area contributed by atoms with Crippen LogP contribution in [0.2, 0.25) is 10.0 Å². The van der Waals surface area contributed by atoms with Crippen molar-refractivity contribution in [3.05, 3.63) is 70.4 Å². The summed E-state index contributed by atoms with van der Waals surface area (Å²) in [7, 11) is 0. The highest BCUT2D eigenvalue weighted by Crippen LogP contribution is 2.30. The van der Waals surface area contributed by atoms with Crippen molar-refractivity contribution in [1.29, 1.82) is 0 Å². The van der Waals surface area contributed by atoms with Crippen LogP contribution in [-0.2, 0) is 0 Å². The van der Waals surface area contributed by atoms with Crippen LogP contribution in [0, 0.1) is 0 Å². The van der Waals surface area contributed by atoms with Gasteiger partial charge in [-0.25, -0.2) is 0 Å². The Hall–Kier alpha value is -1.88. The number of hydrogen-bond donors (Lipinski definition) is 2. The van der Waals surface area contributed by atoms with E-state index in [1.54, 1.807) is 42.5 Å². The largest absolute Gasteiger partial charge is 0.451 e. The summed E-state index contributed by atoms with van der Waals surface area (Å²) in [5.41, 5.74) is 1.36. The predicted molar refractivity (Wildman–Crippen MR) is 95.8 cm³/mol. The van der Waals surface area contributed by atoms with Gasteiger partial charge in [-0.1, -0.05) is 35.3 Å². The molecular formula is C17H11Cl2NO2S. The fourth-order valence-electron chi connectivity index (χ4n) is 2.03. The Morgan fingerprint density at radius 1 is 1.00 bits per heavy atom. The number of hydrogen-bond acceptors (Lipinski definition) is 3. The van der Waals surface area contributed by atoms with Crippen LogP contribution in [0.15, 0.2) is 63.9 Å². The molecule has 0 saturated carbocycles. The van der Waals surface area contributed by atoms with E-state index < -0.39 is 0 Å². The minimum atomic E-state index is -0.349. The van der Waals surface area contributed by atoms with Crippen molar-refractivity contribution >= 4 is 47.4 Å². The zero-order valence-corrected chi connectivity index (χ0v) is 14.1. The first-order valence-corrected chi connectivity index (χ1v) is 7.89. The molecule has 23 heavy (non-hydrogen) atoms. The average molecular weight is 364 g/mol. The highest BCUT2D eigenvalue weighted by atomic mass is 35.5. The average Bonchev–Trinajstić information content (AvgIpc) is 3.02. The third-order valence-electron chi connectivity index (χ3n) is 3.19. The normalized spacial score (nSPS) is 10.6. The first-order valence-electron chi connectivity index (χ1n) is 6.69. The summed E-state index contributed by atoms with van der Waals surface area (Å²) in [4.78, 5) is 12.9. The molecule has 3 rings (SSSR count). The van der Waals surface area contributed by atoms with Gasteiger partial charge in [0.2, 0.25) is 0 Å². The summed E-state index contributed by atoms with van der Waals surface area (Å²) < 4.78 is 5.60. The van der Waals surface area contributed by atoms with E-state index in [0.29, 0.717) is 26.4 Å². The fraction of sp³-hybridized carbons (Fsp3) is 0. The molecule has 0 aliphatic carbocycles. The molecule has 0 aliphatic rings. The number of thiol groups is 1. The first-order chi connectivity index (χ1) is 11.0. The van der Waals surface area contributed by atoms with Gasteiger partial charge in [-0.2, -0.15) is 0 Å². The number of amides is 1. The molecule has 6 heteroatoms. The lowest BCUT2D eigenvalue weighted by Gasteiger charge is -2.05. The molecular weight excluding hydrogens is 353 g/mol. The highest BCUT2D eigenvalue weighted by Gasteiger charge is 2.14. The Morgan fingerprint density at radius 2 is 1.78 bits per heavy atom. The summed E-state index contributed by atoms with van der Waals surface area (Å²) in [5, 5.41) is 3.65. The molecule has 116 valence electrons. The van der Waals surface area contributed by atoms with Crippen LogP contribution in [0.5, 0.6) is 0 Å². The third-order valence-corrected chi connectivity index (χ3v) is 4.32. The summed E-state index contributed by atoms with van der Waals surface area (Å²) in [5.74, 6) is 0.383. The molecule has 0 spiro atoms. The molecule has 3 nitrogen and oxygen atoms in total. The molecule has 0 saturated heterocycles. The van der Waals surface area contributed by atoms with Crippen LogP contribution < -0.4 is 5.32 Å². The zero-order chi connectivity index (χ0) is 16.4. The van der Waals surface area contributed by atoms with E-state index in [9.17, 15) is 4.79 Å². The molecule has 1 N–H and O–H groups in total. The summed E-state index contributed by atoms with van der Waals surface area (Å²) in [6, 6.07) is 15.7. The lowest BCUT2D eigenvalue weighted by atomic mass is 10.2. The smallest absolute Gasteiger partial charge is 0.291 e. The quantitative estimate of drug-likeness (QED) is 0.577. The lowest BCUT2D eigenvalue weighted by molar-refractivity contribution is 0.0997. The van der Waals surface area contributed by atoms with Crippen molar-refractivity contribution in [2.45, 2.75) is 4.90 Å². The number of nitrogens with one attached hydrogen (secondary N) is 1. The standard InChI is InChI=1S/C17H11Cl2NO2S/c18-11-6-5-10(9-12(11)19)14-7-8-15(22-14)17(21)20-13-3-1-2-4-16(13)23/h1-9,23H,(H,20,21). The molecule has 0 aliphatic heterocycles. The molecule has 0 fully saturated rings. The van der Waals surface area contributed by atoms with E-state index in [1.165, 1.54) is 0 Å². The van der Waals surface area contributed by atoms with E-state index in [1.807, 2.05) is 12.1 Å². The predicted octanol–water partition coefficient (Wildman–Crippen LogP) is 5.79. The van der Waals surface area contributed by atoms with Crippen molar-refractivity contribution in [1.82, 2.24) is 0 Å². The Balaban J connectivity index is 1.82. The molecule has 3 aromatic rings. The number of anilines is 1. The number of furan rings is 1. The summed E-state index contributed by atoms with van der Waals surface area (Å²) in [6.07, 6.45) is 0. The van der Waals surface area contributed by atoms with Crippen LogP contribution in [0.25, 0.3) is 11.3 Å². The third kappa shape index (κ3) is 3.55. The topological polar surface area (TPSA) is 42.2 Å². The molecule has 0 bridgehead atoms. The van der Waals surface area contributed by atoms with Gasteiger partial charge < -0.3 is 9.73 Å². The minimum Gasteiger partial charge on any atom is -0.451 e. The van der Waals surface area contributed by atoms with Crippen molar-refractivity contribution < 1.29 is 9.21 Å². The number of carbonyl (C=O) groups excluding carboxylic acids is 1. The van der Waals surface area contributed by atoms with Gasteiger partial charge in [-0.05, 0) is 42.5 Å². The van der Waals surface area contributed by atoms with Crippen LogP contribution >= 0.6 is 35.8 Å². The SMILES string of the molecule is O=C(Nc1ccccc1S)c1ccc(-c2ccc(Cl)c(Cl)c2)o1. The Kier molecular flexibility index (Phi) is 4.66. The highest BCUT2D eigenvalue weighted by molar-refractivity contribution is 7.80. The van der Waals surface area contributed by atoms with E-state index in [4.69, 9.17) is 27.6 Å². The number of para-hydroxylation sites is 1. The van der Waals surface area contributed by atoms with Gasteiger partial charge in [-0.3, -0.25) is 4.79 Å². The maximum absolute atomic E-state index is 12.2. The Bertz CT molecular complexity index is 877. The lowest BCUT2D eigenvalue weighted by Crippen LogP contribution is -2.11. The number of carbonyl (C=O) groups is 1. The Morgan fingerprint density at radius 3 is 2.52 bits per heavy atom. The van der Waals surface area contributed by atoms with Crippen molar-refractivity contribution in [2.75, 3.05) is 5.32 Å². The van der Waals surface area contributed by atoms with Gasteiger partial charge in [-0.15, -0.1) is 12.6 Å². The number of rotatable bonds is 3. The number of benzene rings is 2. The molecule has 1 aromatic heterocycles. The second-order valence-electron chi connectivity index (χ2n) is 4.76. The van der Waals surface area contributed by atoms with E-state index in [2.05, 4.69) is 17.9 Å². The summed E-state index contributed by atoms with van der Waals surface area (Å²) in [6.45, 7) is 0. The van der Waals surface area contributed by atoms with Gasteiger partial charge in [0.1, 0.15) is 5.76 Å².